The van der Waals surface area contributed by atoms with Crippen molar-refractivity contribution in [3.63, 3.8) is 0 Å². The van der Waals surface area contributed by atoms with E-state index < -0.39 is 5.97 Å². The number of para-hydroxylation sites is 1. The number of nitrogens with zero attached hydrogens (tertiary/aromatic N) is 2. The first-order chi connectivity index (χ1) is 9.79. The lowest BCUT2D eigenvalue weighted by Gasteiger charge is -2.19. The summed E-state index contributed by atoms with van der Waals surface area (Å²) in [6, 6.07) is 5.34. The summed E-state index contributed by atoms with van der Waals surface area (Å²) >= 11 is 0. The Labute approximate surface area is 114 Å². The third-order valence-corrected chi connectivity index (χ3v) is 2.68. The zero-order valence-electron chi connectivity index (χ0n) is 10.8. The van der Waals surface area contributed by atoms with Crippen LogP contribution in [0.4, 0.5) is 0 Å². The van der Waals surface area contributed by atoms with E-state index in [9.17, 15) is 4.79 Å². The van der Waals surface area contributed by atoms with Gasteiger partial charge in [-0.3, -0.25) is 0 Å². The van der Waals surface area contributed by atoms with E-state index in [0.717, 1.165) is 0 Å². The van der Waals surface area contributed by atoms with Crippen molar-refractivity contribution in [3.8, 4) is 23.0 Å². The highest BCUT2D eigenvalue weighted by Crippen LogP contribution is 2.38. The molecule has 1 aromatic heterocycles. The van der Waals surface area contributed by atoms with Crippen molar-refractivity contribution in [2.24, 2.45) is 0 Å². The molecule has 0 aliphatic carbocycles. The number of rotatable bonds is 3. The van der Waals surface area contributed by atoms with Crippen LogP contribution in [0, 0.1) is 0 Å². The number of carbonyl (C=O) groups excluding carboxylic acids is 1. The summed E-state index contributed by atoms with van der Waals surface area (Å²) < 4.78 is 20.9. The molecule has 104 valence electrons. The minimum absolute atomic E-state index is 0.115. The maximum absolute atomic E-state index is 11.5. The van der Waals surface area contributed by atoms with Crippen LogP contribution in [0.25, 0.3) is 11.5 Å². The van der Waals surface area contributed by atoms with E-state index in [1.54, 1.807) is 25.1 Å². The number of fused-ring (bicyclic) bond motifs is 1. The van der Waals surface area contributed by atoms with E-state index in [1.165, 1.54) is 0 Å². The molecule has 0 amide bonds. The Morgan fingerprint density at radius 1 is 1.35 bits per heavy atom. The topological polar surface area (TPSA) is 83.7 Å². The molecule has 0 bridgehead atoms. The van der Waals surface area contributed by atoms with Crippen LogP contribution in [0.2, 0.25) is 0 Å². The van der Waals surface area contributed by atoms with Crippen molar-refractivity contribution in [3.05, 3.63) is 24.0 Å². The van der Waals surface area contributed by atoms with Crippen LogP contribution in [0.1, 0.15) is 17.5 Å². The molecule has 2 heterocycles. The first-order valence-electron chi connectivity index (χ1n) is 6.19. The van der Waals surface area contributed by atoms with Gasteiger partial charge >= 0.3 is 5.97 Å². The third-order valence-electron chi connectivity index (χ3n) is 2.68. The number of aromatic nitrogens is 2. The number of esters is 1. The lowest BCUT2D eigenvalue weighted by atomic mass is 10.1. The molecule has 0 saturated carbocycles. The first kappa shape index (κ1) is 12.5. The molecule has 0 atom stereocenters. The molecule has 3 rings (SSSR count). The molecule has 0 fully saturated rings. The average Bonchev–Trinajstić information content (AvgIpc) is 2.97. The van der Waals surface area contributed by atoms with Gasteiger partial charge in [0.2, 0.25) is 0 Å². The molecule has 1 aliphatic rings. The highest BCUT2D eigenvalue weighted by molar-refractivity contribution is 5.85. The Bertz CT molecular complexity index is 637. The molecule has 0 spiro atoms. The van der Waals surface area contributed by atoms with Gasteiger partial charge in [0.1, 0.15) is 13.2 Å². The smallest absolute Gasteiger partial charge is 0.379 e. The van der Waals surface area contributed by atoms with Gasteiger partial charge in [-0.05, 0) is 24.2 Å². The van der Waals surface area contributed by atoms with E-state index >= 15 is 0 Å². The van der Waals surface area contributed by atoms with Crippen molar-refractivity contribution in [2.45, 2.75) is 6.92 Å². The van der Waals surface area contributed by atoms with E-state index in [1.807, 2.05) is 0 Å². The van der Waals surface area contributed by atoms with Crippen LogP contribution < -0.4 is 9.47 Å². The van der Waals surface area contributed by atoms with Gasteiger partial charge in [0.25, 0.3) is 11.7 Å². The van der Waals surface area contributed by atoms with Crippen molar-refractivity contribution in [1.82, 2.24) is 10.1 Å². The number of hydrogen-bond donors (Lipinski definition) is 0. The standard InChI is InChI=1S/C13H12N2O5/c1-2-17-13(16)11-14-12(20-15-11)8-4-3-5-9-10(8)19-7-6-18-9/h3-5H,2,6-7H2,1H3. The molecule has 1 aromatic carbocycles. The summed E-state index contributed by atoms with van der Waals surface area (Å²) in [6.07, 6.45) is 0. The first-order valence-corrected chi connectivity index (χ1v) is 6.19. The van der Waals surface area contributed by atoms with E-state index in [-0.39, 0.29) is 18.3 Å². The highest BCUT2D eigenvalue weighted by Gasteiger charge is 2.22. The predicted octanol–water partition coefficient (Wildman–Crippen LogP) is 1.68. The Kier molecular flexibility index (Phi) is 3.24. The molecule has 20 heavy (non-hydrogen) atoms. The van der Waals surface area contributed by atoms with E-state index in [2.05, 4.69) is 10.1 Å². The predicted molar refractivity (Wildman–Crippen MR) is 66.7 cm³/mol. The maximum atomic E-state index is 11.5. The van der Waals surface area contributed by atoms with Gasteiger partial charge in [-0.25, -0.2) is 4.79 Å². The Balaban J connectivity index is 1.96. The summed E-state index contributed by atoms with van der Waals surface area (Å²) in [4.78, 5) is 15.5. The van der Waals surface area contributed by atoms with Crippen LogP contribution in [0.3, 0.4) is 0 Å². The normalized spacial score (nSPS) is 13.1. The Hall–Kier alpha value is -2.57. The zero-order chi connectivity index (χ0) is 13.9. The molecular weight excluding hydrogens is 264 g/mol. The lowest BCUT2D eigenvalue weighted by molar-refractivity contribution is 0.0508. The second-order valence-corrected chi connectivity index (χ2v) is 3.97. The van der Waals surface area contributed by atoms with Gasteiger partial charge in [0.15, 0.2) is 11.5 Å². The molecule has 0 N–H and O–H groups in total. The molecule has 7 heteroatoms. The van der Waals surface area contributed by atoms with Gasteiger partial charge in [0, 0.05) is 0 Å². The van der Waals surface area contributed by atoms with E-state index in [4.69, 9.17) is 18.7 Å². The highest BCUT2D eigenvalue weighted by atomic mass is 16.6. The monoisotopic (exact) mass is 276 g/mol. The number of hydrogen-bond acceptors (Lipinski definition) is 7. The number of benzene rings is 1. The van der Waals surface area contributed by atoms with Gasteiger partial charge in [-0.15, -0.1) is 0 Å². The molecule has 7 nitrogen and oxygen atoms in total. The molecule has 2 aromatic rings. The van der Waals surface area contributed by atoms with Crippen LogP contribution in [-0.4, -0.2) is 35.9 Å². The molecular formula is C13H12N2O5. The van der Waals surface area contributed by atoms with Gasteiger partial charge < -0.3 is 18.7 Å². The lowest BCUT2D eigenvalue weighted by Crippen LogP contribution is -2.15. The molecule has 0 radical (unpaired) electrons. The summed E-state index contributed by atoms with van der Waals surface area (Å²) in [6.45, 7) is 2.90. The minimum atomic E-state index is -0.621. The Morgan fingerprint density at radius 3 is 3.05 bits per heavy atom. The van der Waals surface area contributed by atoms with Crippen molar-refractivity contribution in [1.29, 1.82) is 0 Å². The number of carbonyl (C=O) groups is 1. The average molecular weight is 276 g/mol. The molecule has 1 aliphatic heterocycles. The van der Waals surface area contributed by atoms with Crippen molar-refractivity contribution < 1.29 is 23.5 Å². The van der Waals surface area contributed by atoms with Crippen molar-refractivity contribution in [2.75, 3.05) is 19.8 Å². The van der Waals surface area contributed by atoms with Crippen molar-refractivity contribution >= 4 is 5.97 Å². The van der Waals surface area contributed by atoms with Crippen LogP contribution >= 0.6 is 0 Å². The molecule has 0 unspecified atom stereocenters. The quantitative estimate of drug-likeness (QED) is 0.788. The van der Waals surface area contributed by atoms with Gasteiger partial charge in [-0.1, -0.05) is 6.07 Å². The van der Waals surface area contributed by atoms with Crippen LogP contribution in [0.15, 0.2) is 22.7 Å². The maximum Gasteiger partial charge on any atom is 0.379 e. The summed E-state index contributed by atoms with van der Waals surface area (Å²) in [5.41, 5.74) is 0.588. The van der Waals surface area contributed by atoms with Crippen LogP contribution in [-0.2, 0) is 4.74 Å². The van der Waals surface area contributed by atoms with Gasteiger partial charge in [-0.2, -0.15) is 4.98 Å². The minimum Gasteiger partial charge on any atom is -0.486 e. The van der Waals surface area contributed by atoms with E-state index in [0.29, 0.717) is 30.3 Å². The van der Waals surface area contributed by atoms with Gasteiger partial charge in [0.05, 0.1) is 12.2 Å². The summed E-state index contributed by atoms with van der Waals surface area (Å²) in [7, 11) is 0. The summed E-state index contributed by atoms with van der Waals surface area (Å²) in [5.74, 6) is 0.610. The zero-order valence-corrected chi connectivity index (χ0v) is 10.8. The second kappa shape index (κ2) is 5.20. The Morgan fingerprint density at radius 2 is 2.20 bits per heavy atom. The fourth-order valence-electron chi connectivity index (χ4n) is 1.85. The second-order valence-electron chi connectivity index (χ2n) is 3.97. The summed E-state index contributed by atoms with van der Waals surface area (Å²) in [5, 5.41) is 3.60. The van der Waals surface area contributed by atoms with Crippen LogP contribution in [0.5, 0.6) is 11.5 Å². The largest absolute Gasteiger partial charge is 0.486 e. The number of ether oxygens (including phenoxy) is 3. The fourth-order valence-corrected chi connectivity index (χ4v) is 1.85. The molecule has 0 saturated heterocycles. The SMILES string of the molecule is CCOC(=O)c1noc(-c2cccc3c2OCCO3)n1. The fraction of sp³-hybridized carbons (Fsp3) is 0.308. The third kappa shape index (κ3) is 2.18.